The van der Waals surface area contributed by atoms with Crippen LogP contribution in [0.15, 0.2) is 24.3 Å². The highest BCUT2D eigenvalue weighted by Gasteiger charge is 2.33. The summed E-state index contributed by atoms with van der Waals surface area (Å²) in [7, 11) is -1.35. The van der Waals surface area contributed by atoms with E-state index >= 15 is 0 Å². The number of benzene rings is 1. The predicted octanol–water partition coefficient (Wildman–Crippen LogP) is 1.23. The molecule has 2 heterocycles. The second-order valence-electron chi connectivity index (χ2n) is 6.31. The van der Waals surface area contributed by atoms with E-state index in [2.05, 4.69) is 15.5 Å². The molecule has 1 saturated carbocycles. The number of fused-ring (bicyclic) bond motifs is 1. The van der Waals surface area contributed by atoms with Gasteiger partial charge in [-0.3, -0.25) is 9.00 Å². The van der Waals surface area contributed by atoms with Gasteiger partial charge in [0, 0.05) is 23.0 Å². The highest BCUT2D eigenvalue weighted by atomic mass is 32.2. The van der Waals surface area contributed by atoms with E-state index in [0.717, 1.165) is 24.9 Å². The van der Waals surface area contributed by atoms with Crippen molar-refractivity contribution in [1.29, 1.82) is 0 Å². The number of hydrogen-bond acceptors (Lipinski definition) is 5. The van der Waals surface area contributed by atoms with Gasteiger partial charge in [-0.15, -0.1) is 5.10 Å². The minimum Gasteiger partial charge on any atom is -0.311 e. The molecule has 1 aliphatic carbocycles. The van der Waals surface area contributed by atoms with Crippen LogP contribution in [0.25, 0.3) is 0 Å². The molecule has 0 saturated heterocycles. The normalized spacial score (nSPS) is 19.1. The molecule has 4 rings (SSSR count). The van der Waals surface area contributed by atoms with Crippen molar-refractivity contribution < 1.29 is 9.00 Å². The van der Waals surface area contributed by atoms with Crippen LogP contribution in [0.1, 0.15) is 37.2 Å². The number of tetrazole rings is 1. The second kappa shape index (κ2) is 6.08. The first-order valence-corrected chi connectivity index (χ1v) is 9.56. The summed E-state index contributed by atoms with van der Waals surface area (Å²) in [5.41, 5.74) is 2.11. The Kier molecular flexibility index (Phi) is 3.91. The summed E-state index contributed by atoms with van der Waals surface area (Å²) in [6.07, 6.45) is 2.97. The largest absolute Gasteiger partial charge is 0.311 e. The van der Waals surface area contributed by atoms with Crippen molar-refractivity contribution in [3.05, 3.63) is 35.7 Å². The standard InChI is InChI=1S/C16H19N5O2S/c1-11(16(22)20-9-8-12-4-2-3-5-14(12)20)24(23)10-15-17-18-19-21(15)13-6-7-13/h2-5,11,13H,6-10H2,1H3/t11-,24-/m0/s1. The van der Waals surface area contributed by atoms with Crippen LogP contribution in [0.2, 0.25) is 0 Å². The zero-order valence-electron chi connectivity index (χ0n) is 13.5. The van der Waals surface area contributed by atoms with E-state index in [4.69, 9.17) is 0 Å². The Bertz CT molecular complexity index is 801. The molecule has 0 unspecified atom stereocenters. The van der Waals surface area contributed by atoms with Gasteiger partial charge in [-0.05, 0) is 48.2 Å². The Balaban J connectivity index is 1.47. The molecule has 1 aromatic heterocycles. The molecule has 0 N–H and O–H groups in total. The molecule has 2 atom stereocenters. The van der Waals surface area contributed by atoms with Gasteiger partial charge in [0.25, 0.3) is 0 Å². The van der Waals surface area contributed by atoms with E-state index in [-0.39, 0.29) is 11.7 Å². The third-order valence-corrected chi connectivity index (χ3v) is 6.15. The number of para-hydroxylation sites is 1. The topological polar surface area (TPSA) is 81.0 Å². The molecule has 0 bridgehead atoms. The fourth-order valence-corrected chi connectivity index (χ4v) is 4.11. The Morgan fingerprint density at radius 3 is 2.96 bits per heavy atom. The lowest BCUT2D eigenvalue weighted by Crippen LogP contribution is -2.39. The van der Waals surface area contributed by atoms with Crippen LogP contribution in [0.3, 0.4) is 0 Å². The number of nitrogens with zero attached hydrogens (tertiary/aromatic N) is 5. The van der Waals surface area contributed by atoms with Crippen molar-refractivity contribution in [2.45, 2.75) is 43.2 Å². The summed E-state index contributed by atoms with van der Waals surface area (Å²) in [4.78, 5) is 14.5. The molecule has 0 radical (unpaired) electrons. The van der Waals surface area contributed by atoms with Crippen LogP contribution in [0.4, 0.5) is 5.69 Å². The van der Waals surface area contributed by atoms with E-state index in [1.807, 2.05) is 24.3 Å². The van der Waals surface area contributed by atoms with Gasteiger partial charge in [0.1, 0.15) is 5.25 Å². The minimum atomic E-state index is -1.35. The molecule has 2 aromatic rings. The van der Waals surface area contributed by atoms with Crippen molar-refractivity contribution in [2.75, 3.05) is 11.4 Å². The van der Waals surface area contributed by atoms with E-state index in [9.17, 15) is 9.00 Å². The molecule has 7 nitrogen and oxygen atoms in total. The molecule has 2 aliphatic rings. The highest BCUT2D eigenvalue weighted by Crippen LogP contribution is 2.34. The number of hydrogen-bond donors (Lipinski definition) is 0. The second-order valence-corrected chi connectivity index (χ2v) is 8.06. The van der Waals surface area contributed by atoms with Gasteiger partial charge in [-0.25, -0.2) is 4.68 Å². The van der Waals surface area contributed by atoms with Crippen LogP contribution < -0.4 is 4.90 Å². The monoisotopic (exact) mass is 345 g/mol. The summed E-state index contributed by atoms with van der Waals surface area (Å²) in [5, 5.41) is 11.0. The van der Waals surface area contributed by atoms with Gasteiger partial charge in [0.15, 0.2) is 5.82 Å². The zero-order valence-corrected chi connectivity index (χ0v) is 14.3. The lowest BCUT2D eigenvalue weighted by molar-refractivity contribution is -0.117. The number of carbonyl (C=O) groups is 1. The summed E-state index contributed by atoms with van der Waals surface area (Å²) >= 11 is 0. The van der Waals surface area contributed by atoms with Crippen molar-refractivity contribution >= 4 is 22.4 Å². The van der Waals surface area contributed by atoms with Crippen LogP contribution in [-0.2, 0) is 27.8 Å². The van der Waals surface area contributed by atoms with Gasteiger partial charge in [0.2, 0.25) is 5.91 Å². The maximum Gasteiger partial charge on any atom is 0.242 e. The Hall–Kier alpha value is -2.09. The Labute approximate surface area is 142 Å². The third-order valence-electron chi connectivity index (χ3n) is 4.62. The predicted molar refractivity (Wildman–Crippen MR) is 89.9 cm³/mol. The quantitative estimate of drug-likeness (QED) is 0.814. The average molecular weight is 345 g/mol. The minimum absolute atomic E-state index is 0.0938. The zero-order chi connectivity index (χ0) is 16.7. The first-order chi connectivity index (χ1) is 11.6. The Morgan fingerprint density at radius 2 is 2.17 bits per heavy atom. The molecule has 1 aliphatic heterocycles. The SMILES string of the molecule is C[C@@H](C(=O)N1CCc2ccccc21)[S@@](=O)Cc1nnnn1C1CC1. The number of rotatable bonds is 5. The van der Waals surface area contributed by atoms with Gasteiger partial charge >= 0.3 is 0 Å². The van der Waals surface area contributed by atoms with Crippen molar-refractivity contribution in [1.82, 2.24) is 20.2 Å². The average Bonchev–Trinajstić information content (AvgIpc) is 3.18. The fraction of sp³-hybridized carbons (Fsp3) is 0.500. The van der Waals surface area contributed by atoms with Crippen LogP contribution >= 0.6 is 0 Å². The molecule has 1 aromatic carbocycles. The van der Waals surface area contributed by atoms with Gasteiger partial charge in [-0.1, -0.05) is 18.2 Å². The first-order valence-electron chi connectivity index (χ1n) is 8.18. The van der Waals surface area contributed by atoms with Gasteiger partial charge < -0.3 is 4.90 Å². The van der Waals surface area contributed by atoms with E-state index in [1.165, 1.54) is 5.56 Å². The number of anilines is 1. The number of aromatic nitrogens is 4. The lowest BCUT2D eigenvalue weighted by atomic mass is 10.2. The molecule has 1 amide bonds. The van der Waals surface area contributed by atoms with Crippen LogP contribution in [0, 0.1) is 0 Å². The molecule has 126 valence electrons. The lowest BCUT2D eigenvalue weighted by Gasteiger charge is -2.21. The molecular weight excluding hydrogens is 326 g/mol. The molecule has 24 heavy (non-hydrogen) atoms. The summed E-state index contributed by atoms with van der Waals surface area (Å²) < 4.78 is 14.4. The van der Waals surface area contributed by atoms with Gasteiger partial charge in [0.05, 0.1) is 11.8 Å². The van der Waals surface area contributed by atoms with Crippen molar-refractivity contribution in [3.63, 3.8) is 0 Å². The third kappa shape index (κ3) is 2.75. The summed E-state index contributed by atoms with van der Waals surface area (Å²) in [5.74, 6) is 0.729. The summed E-state index contributed by atoms with van der Waals surface area (Å²) in [6, 6.07) is 8.22. The molecular formula is C16H19N5O2S. The fourth-order valence-electron chi connectivity index (χ4n) is 3.06. The molecule has 1 fully saturated rings. The van der Waals surface area contributed by atoms with Crippen molar-refractivity contribution in [2.24, 2.45) is 0 Å². The van der Waals surface area contributed by atoms with E-state index in [0.29, 0.717) is 18.4 Å². The number of carbonyl (C=O) groups excluding carboxylic acids is 1. The molecule has 8 heteroatoms. The van der Waals surface area contributed by atoms with E-state index in [1.54, 1.807) is 16.5 Å². The highest BCUT2D eigenvalue weighted by molar-refractivity contribution is 7.85. The van der Waals surface area contributed by atoms with Crippen LogP contribution in [-0.4, -0.2) is 42.1 Å². The van der Waals surface area contributed by atoms with E-state index < -0.39 is 16.0 Å². The number of amides is 1. The smallest absolute Gasteiger partial charge is 0.242 e. The van der Waals surface area contributed by atoms with Crippen molar-refractivity contribution in [3.8, 4) is 0 Å². The maximum atomic E-state index is 12.8. The summed E-state index contributed by atoms with van der Waals surface area (Å²) in [6.45, 7) is 2.38. The molecule has 0 spiro atoms. The Morgan fingerprint density at radius 1 is 1.38 bits per heavy atom. The van der Waals surface area contributed by atoms with Crippen LogP contribution in [0.5, 0.6) is 0 Å². The maximum absolute atomic E-state index is 12.8. The first kappa shape index (κ1) is 15.4. The van der Waals surface area contributed by atoms with Gasteiger partial charge in [-0.2, -0.15) is 0 Å².